The molecule has 1 aromatic rings. The van der Waals surface area contributed by atoms with Crippen LogP contribution in [0.1, 0.15) is 25.3 Å². The van der Waals surface area contributed by atoms with Crippen molar-refractivity contribution in [3.05, 3.63) is 28.8 Å². The minimum atomic E-state index is -0.594. The Labute approximate surface area is 135 Å². The molecule has 1 rings (SSSR count). The number of primary amides is 1. The predicted octanol–water partition coefficient (Wildman–Crippen LogP) is 1.98. The van der Waals surface area contributed by atoms with Crippen LogP contribution < -0.4 is 21.1 Å². The largest absolute Gasteiger partial charge is 0.481 e. The van der Waals surface area contributed by atoms with Crippen LogP contribution in [-0.2, 0) is 4.79 Å². The highest BCUT2D eigenvalue weighted by Crippen LogP contribution is 2.22. The van der Waals surface area contributed by atoms with Crippen LogP contribution in [0, 0.1) is 6.92 Å². The van der Waals surface area contributed by atoms with E-state index in [4.69, 9.17) is 22.1 Å². The molecule has 0 aliphatic heterocycles. The third-order valence-electron chi connectivity index (χ3n) is 3.01. The SMILES string of the molecule is Cc1cc(Cl)ccc1OC(C)C(=O)NCCCCNC(N)=O. The third-order valence-corrected chi connectivity index (χ3v) is 3.25. The smallest absolute Gasteiger partial charge is 0.312 e. The van der Waals surface area contributed by atoms with Gasteiger partial charge in [0.25, 0.3) is 5.91 Å². The van der Waals surface area contributed by atoms with Gasteiger partial charge in [0.2, 0.25) is 0 Å². The molecule has 0 heterocycles. The Morgan fingerprint density at radius 2 is 1.91 bits per heavy atom. The molecule has 0 saturated carbocycles. The van der Waals surface area contributed by atoms with Crippen molar-refractivity contribution < 1.29 is 14.3 Å². The van der Waals surface area contributed by atoms with Gasteiger partial charge in [-0.2, -0.15) is 0 Å². The van der Waals surface area contributed by atoms with Gasteiger partial charge in [-0.05, 0) is 50.5 Å². The highest BCUT2D eigenvalue weighted by atomic mass is 35.5. The summed E-state index contributed by atoms with van der Waals surface area (Å²) in [6.45, 7) is 4.59. The Bertz CT molecular complexity index is 523. The van der Waals surface area contributed by atoms with Gasteiger partial charge in [0.15, 0.2) is 6.10 Å². The molecule has 0 radical (unpaired) electrons. The number of nitrogens with two attached hydrogens (primary N) is 1. The maximum atomic E-state index is 11.9. The van der Waals surface area contributed by atoms with E-state index in [0.717, 1.165) is 18.4 Å². The number of hydrogen-bond acceptors (Lipinski definition) is 3. The molecule has 1 aromatic carbocycles. The summed E-state index contributed by atoms with van der Waals surface area (Å²) in [5, 5.41) is 5.91. The number of urea groups is 1. The Morgan fingerprint density at radius 1 is 1.27 bits per heavy atom. The summed E-state index contributed by atoms with van der Waals surface area (Å²) >= 11 is 5.88. The fraction of sp³-hybridized carbons (Fsp3) is 0.467. The van der Waals surface area contributed by atoms with E-state index in [0.29, 0.717) is 23.9 Å². The molecule has 0 fully saturated rings. The van der Waals surface area contributed by atoms with E-state index in [9.17, 15) is 9.59 Å². The molecule has 122 valence electrons. The monoisotopic (exact) mass is 327 g/mol. The molecule has 1 unspecified atom stereocenters. The van der Waals surface area contributed by atoms with Crippen LogP contribution >= 0.6 is 11.6 Å². The van der Waals surface area contributed by atoms with E-state index in [1.807, 2.05) is 6.92 Å². The first-order valence-corrected chi connectivity index (χ1v) is 7.51. The van der Waals surface area contributed by atoms with Gasteiger partial charge in [-0.3, -0.25) is 4.79 Å². The molecule has 4 N–H and O–H groups in total. The summed E-state index contributed by atoms with van der Waals surface area (Å²) in [7, 11) is 0. The number of halogens is 1. The number of unbranched alkanes of at least 4 members (excludes halogenated alkanes) is 1. The summed E-state index contributed by atoms with van der Waals surface area (Å²) in [6.07, 6.45) is 0.900. The summed E-state index contributed by atoms with van der Waals surface area (Å²) in [6, 6.07) is 4.72. The molecule has 22 heavy (non-hydrogen) atoms. The highest BCUT2D eigenvalue weighted by molar-refractivity contribution is 6.30. The maximum Gasteiger partial charge on any atom is 0.312 e. The van der Waals surface area contributed by atoms with Crippen LogP contribution in [0.5, 0.6) is 5.75 Å². The van der Waals surface area contributed by atoms with Crippen LogP contribution in [-0.4, -0.2) is 31.1 Å². The lowest BCUT2D eigenvalue weighted by molar-refractivity contribution is -0.127. The zero-order chi connectivity index (χ0) is 16.5. The molecule has 0 saturated heterocycles. The van der Waals surface area contributed by atoms with Crippen LogP contribution in [0.2, 0.25) is 5.02 Å². The van der Waals surface area contributed by atoms with Crippen molar-refractivity contribution in [2.24, 2.45) is 5.73 Å². The van der Waals surface area contributed by atoms with Crippen molar-refractivity contribution in [1.29, 1.82) is 0 Å². The van der Waals surface area contributed by atoms with Crippen LogP contribution in [0.4, 0.5) is 4.79 Å². The van der Waals surface area contributed by atoms with Gasteiger partial charge >= 0.3 is 6.03 Å². The van der Waals surface area contributed by atoms with Gasteiger partial charge in [-0.1, -0.05) is 11.6 Å². The topological polar surface area (TPSA) is 93.4 Å². The van der Waals surface area contributed by atoms with Gasteiger partial charge in [-0.25, -0.2) is 4.79 Å². The number of hydrogen-bond donors (Lipinski definition) is 3. The average Bonchev–Trinajstić information content (AvgIpc) is 2.45. The van der Waals surface area contributed by atoms with Crippen molar-refractivity contribution in [2.75, 3.05) is 13.1 Å². The van der Waals surface area contributed by atoms with E-state index in [-0.39, 0.29) is 5.91 Å². The van der Waals surface area contributed by atoms with Crippen molar-refractivity contribution >= 4 is 23.5 Å². The highest BCUT2D eigenvalue weighted by Gasteiger charge is 2.15. The summed E-state index contributed by atoms with van der Waals surface area (Å²) in [5.41, 5.74) is 5.82. The number of nitrogens with one attached hydrogen (secondary N) is 2. The Morgan fingerprint density at radius 3 is 2.50 bits per heavy atom. The molecule has 0 aliphatic rings. The molecule has 0 aliphatic carbocycles. The molecular weight excluding hydrogens is 306 g/mol. The van der Waals surface area contributed by atoms with Crippen LogP contribution in [0.15, 0.2) is 18.2 Å². The van der Waals surface area contributed by atoms with E-state index in [2.05, 4.69) is 10.6 Å². The van der Waals surface area contributed by atoms with Gasteiger partial charge in [-0.15, -0.1) is 0 Å². The summed E-state index contributed by atoms with van der Waals surface area (Å²) in [5.74, 6) is 0.454. The molecule has 6 nitrogen and oxygen atoms in total. The second-order valence-electron chi connectivity index (χ2n) is 4.96. The van der Waals surface area contributed by atoms with Crippen LogP contribution in [0.25, 0.3) is 0 Å². The first kappa shape index (κ1) is 18.1. The number of aryl methyl sites for hydroxylation is 1. The van der Waals surface area contributed by atoms with Gasteiger partial charge in [0.05, 0.1) is 0 Å². The Kier molecular flexibility index (Phi) is 7.52. The quantitative estimate of drug-likeness (QED) is 0.637. The third kappa shape index (κ3) is 6.67. The number of carbonyl (C=O) groups is 2. The minimum absolute atomic E-state index is 0.183. The van der Waals surface area contributed by atoms with Crippen LogP contribution in [0.3, 0.4) is 0 Å². The fourth-order valence-electron chi connectivity index (χ4n) is 1.81. The average molecular weight is 328 g/mol. The second-order valence-corrected chi connectivity index (χ2v) is 5.40. The molecule has 0 bridgehead atoms. The number of ether oxygens (including phenoxy) is 1. The maximum absolute atomic E-state index is 11.9. The standard InChI is InChI=1S/C15H22ClN3O3/c1-10-9-12(16)5-6-13(10)22-11(2)14(20)18-7-3-4-8-19-15(17)21/h5-6,9,11H,3-4,7-8H2,1-2H3,(H,18,20)(H3,17,19,21). The zero-order valence-electron chi connectivity index (χ0n) is 12.8. The van der Waals surface area contributed by atoms with Crippen molar-refractivity contribution in [3.8, 4) is 5.75 Å². The molecule has 0 aromatic heterocycles. The normalized spacial score (nSPS) is 11.6. The molecule has 1 atom stereocenters. The fourth-order valence-corrected chi connectivity index (χ4v) is 2.03. The lowest BCUT2D eigenvalue weighted by Gasteiger charge is -2.16. The minimum Gasteiger partial charge on any atom is -0.481 e. The van der Waals surface area contributed by atoms with E-state index in [1.165, 1.54) is 0 Å². The molecular formula is C15H22ClN3O3. The van der Waals surface area contributed by atoms with Crippen molar-refractivity contribution in [1.82, 2.24) is 10.6 Å². The van der Waals surface area contributed by atoms with E-state index in [1.54, 1.807) is 25.1 Å². The summed E-state index contributed by atoms with van der Waals surface area (Å²) in [4.78, 5) is 22.4. The second kappa shape index (κ2) is 9.15. The zero-order valence-corrected chi connectivity index (χ0v) is 13.6. The number of amides is 3. The lowest BCUT2D eigenvalue weighted by Crippen LogP contribution is -2.37. The number of carbonyl (C=O) groups excluding carboxylic acids is 2. The first-order valence-electron chi connectivity index (χ1n) is 7.14. The summed E-state index contributed by atoms with van der Waals surface area (Å²) < 4.78 is 5.63. The predicted molar refractivity (Wildman–Crippen MR) is 86.1 cm³/mol. The van der Waals surface area contributed by atoms with Gasteiger partial charge in [0.1, 0.15) is 5.75 Å². The Balaban J connectivity index is 2.28. The molecule has 3 amide bonds. The van der Waals surface area contributed by atoms with E-state index < -0.39 is 12.1 Å². The molecule has 7 heteroatoms. The van der Waals surface area contributed by atoms with E-state index >= 15 is 0 Å². The van der Waals surface area contributed by atoms with Crippen molar-refractivity contribution in [3.63, 3.8) is 0 Å². The first-order chi connectivity index (χ1) is 10.4. The van der Waals surface area contributed by atoms with Gasteiger partial charge < -0.3 is 21.1 Å². The van der Waals surface area contributed by atoms with Crippen molar-refractivity contribution in [2.45, 2.75) is 32.8 Å². The lowest BCUT2D eigenvalue weighted by atomic mass is 10.2. The number of benzene rings is 1. The number of rotatable bonds is 8. The Hall–Kier alpha value is -1.95. The van der Waals surface area contributed by atoms with Gasteiger partial charge in [0, 0.05) is 18.1 Å². The molecule has 0 spiro atoms.